The lowest BCUT2D eigenvalue weighted by Crippen LogP contribution is -2.36. The van der Waals surface area contributed by atoms with Crippen molar-refractivity contribution in [1.29, 1.82) is 0 Å². The quantitative estimate of drug-likeness (QED) is 0.540. The average Bonchev–Trinajstić information content (AvgIpc) is 1.73. The van der Waals surface area contributed by atoms with E-state index in [1.807, 2.05) is 13.8 Å². The van der Waals surface area contributed by atoms with Crippen LogP contribution in [0.4, 0.5) is 0 Å². The predicted octanol–water partition coefficient (Wildman–Crippen LogP) is 0.647. The highest BCUT2D eigenvalue weighted by Gasteiger charge is 2.44. The van der Waals surface area contributed by atoms with E-state index in [0.717, 1.165) is 0 Å². The number of carbonyl (C=O) groups is 1. The highest BCUT2D eigenvalue weighted by atomic mass is 16.6. The van der Waals surface area contributed by atoms with E-state index in [9.17, 15) is 4.79 Å². The Morgan fingerprint density at radius 2 is 1.80 bits per heavy atom. The molecule has 1 saturated heterocycles. The average molecular weight is 143 g/mol. The van der Waals surface area contributed by atoms with Crippen molar-refractivity contribution < 1.29 is 9.53 Å². The third-order valence-electron chi connectivity index (χ3n) is 1.47. The van der Waals surface area contributed by atoms with E-state index in [0.29, 0.717) is 0 Å². The number of carbonyl (C=O) groups excluding carboxylic acids is 1. The fourth-order valence-corrected chi connectivity index (χ4v) is 1.13. The maximum atomic E-state index is 11.1. The van der Waals surface area contributed by atoms with Crippen LogP contribution in [0.5, 0.6) is 0 Å². The van der Waals surface area contributed by atoms with Crippen molar-refractivity contribution in [2.45, 2.75) is 39.0 Å². The summed E-state index contributed by atoms with van der Waals surface area (Å²) in [6.45, 7) is 7.19. The first-order chi connectivity index (χ1) is 4.33. The van der Waals surface area contributed by atoms with Gasteiger partial charge in [-0.1, -0.05) is 0 Å². The zero-order valence-corrected chi connectivity index (χ0v) is 6.82. The molecule has 1 N–H and O–H groups in total. The highest BCUT2D eigenvalue weighted by Crippen LogP contribution is 2.25. The van der Waals surface area contributed by atoms with E-state index >= 15 is 0 Å². The molecule has 0 saturated carbocycles. The van der Waals surface area contributed by atoms with E-state index in [1.54, 1.807) is 13.8 Å². The molecule has 1 aliphatic heterocycles. The third-order valence-corrected chi connectivity index (χ3v) is 1.47. The Morgan fingerprint density at radius 3 is 1.90 bits per heavy atom. The smallest absolute Gasteiger partial charge is 0.253 e. The molecule has 3 nitrogen and oxygen atoms in total. The van der Waals surface area contributed by atoms with E-state index in [1.165, 1.54) is 0 Å². The molecule has 3 heteroatoms. The van der Waals surface area contributed by atoms with Crippen LogP contribution in [0.25, 0.3) is 0 Å². The second-order valence-corrected chi connectivity index (χ2v) is 3.58. The van der Waals surface area contributed by atoms with Gasteiger partial charge >= 0.3 is 0 Å². The van der Waals surface area contributed by atoms with Crippen molar-refractivity contribution in [3.8, 4) is 0 Å². The molecule has 58 valence electrons. The third kappa shape index (κ3) is 1.14. The molecular weight excluding hydrogens is 130 g/mol. The molecule has 0 atom stereocenters. The normalized spacial score (nSPS) is 28.2. The lowest BCUT2D eigenvalue weighted by molar-refractivity contribution is -0.132. The summed E-state index contributed by atoms with van der Waals surface area (Å²) < 4.78 is 5.39. The Balaban J connectivity index is 2.81. The summed E-state index contributed by atoms with van der Waals surface area (Å²) in [7, 11) is 0. The summed E-state index contributed by atoms with van der Waals surface area (Å²) in [4.78, 5) is 11.1. The lowest BCUT2D eigenvalue weighted by atomic mass is 10.1. The summed E-state index contributed by atoms with van der Waals surface area (Å²) in [6, 6.07) is 0. The van der Waals surface area contributed by atoms with Gasteiger partial charge in [0.15, 0.2) is 0 Å². The number of rotatable bonds is 0. The Bertz CT molecular complexity index is 172. The van der Waals surface area contributed by atoms with Gasteiger partial charge in [0, 0.05) is 0 Å². The van der Waals surface area contributed by atoms with Gasteiger partial charge in [-0.15, -0.1) is 0 Å². The van der Waals surface area contributed by atoms with Crippen LogP contribution in [0, 0.1) is 0 Å². The fourth-order valence-electron chi connectivity index (χ4n) is 1.13. The summed E-state index contributed by atoms with van der Waals surface area (Å²) in [6.07, 6.45) is 0. The first kappa shape index (κ1) is 7.54. The molecule has 1 aliphatic rings. The van der Waals surface area contributed by atoms with Gasteiger partial charge in [-0.25, -0.2) is 0 Å². The summed E-state index contributed by atoms with van der Waals surface area (Å²) >= 11 is 0. The Labute approximate surface area is 60.7 Å². The van der Waals surface area contributed by atoms with Crippen molar-refractivity contribution in [3.63, 3.8) is 0 Å². The molecule has 1 heterocycles. The van der Waals surface area contributed by atoms with Gasteiger partial charge in [-0.05, 0) is 27.7 Å². The number of hydrogen-bond acceptors (Lipinski definition) is 2. The minimum absolute atomic E-state index is 0.0440. The number of hydrogen-bond donors (Lipinski definition) is 1. The first-order valence-corrected chi connectivity index (χ1v) is 3.36. The van der Waals surface area contributed by atoms with E-state index in [4.69, 9.17) is 4.74 Å². The molecule has 0 spiro atoms. The molecule has 1 rings (SSSR count). The van der Waals surface area contributed by atoms with Crippen LogP contribution >= 0.6 is 0 Å². The summed E-state index contributed by atoms with van der Waals surface area (Å²) in [5.74, 6) is -0.0440. The van der Waals surface area contributed by atoms with Gasteiger partial charge in [-0.2, -0.15) is 0 Å². The monoisotopic (exact) mass is 143 g/mol. The summed E-state index contributed by atoms with van der Waals surface area (Å²) in [5.41, 5.74) is -1.16. The SMILES string of the molecule is CC1(C)NC(=O)C(C)(C)O1. The minimum atomic E-state index is -0.663. The maximum Gasteiger partial charge on any atom is 0.253 e. The number of amides is 1. The largest absolute Gasteiger partial charge is 0.341 e. The van der Waals surface area contributed by atoms with Crippen LogP contribution in [-0.2, 0) is 9.53 Å². The van der Waals surface area contributed by atoms with Crippen LogP contribution in [0.15, 0.2) is 0 Å². The molecule has 0 aromatic heterocycles. The first-order valence-electron chi connectivity index (χ1n) is 3.36. The van der Waals surface area contributed by atoms with Crippen LogP contribution < -0.4 is 5.32 Å². The lowest BCUT2D eigenvalue weighted by Gasteiger charge is -2.19. The van der Waals surface area contributed by atoms with Gasteiger partial charge < -0.3 is 10.1 Å². The van der Waals surface area contributed by atoms with Crippen molar-refractivity contribution >= 4 is 5.91 Å². The second-order valence-electron chi connectivity index (χ2n) is 3.58. The number of ether oxygens (including phenoxy) is 1. The zero-order valence-electron chi connectivity index (χ0n) is 6.82. The molecular formula is C7H13NO2. The van der Waals surface area contributed by atoms with Gasteiger partial charge in [-0.3, -0.25) is 4.79 Å². The summed E-state index contributed by atoms with van der Waals surface area (Å²) in [5, 5.41) is 2.72. The Kier molecular flexibility index (Phi) is 1.30. The zero-order chi connectivity index (χ0) is 7.99. The van der Waals surface area contributed by atoms with Crippen molar-refractivity contribution in [2.24, 2.45) is 0 Å². The molecule has 0 aliphatic carbocycles. The maximum absolute atomic E-state index is 11.1. The van der Waals surface area contributed by atoms with Crippen LogP contribution in [-0.4, -0.2) is 17.2 Å². The van der Waals surface area contributed by atoms with Gasteiger partial charge in [0.2, 0.25) is 0 Å². The molecule has 1 amide bonds. The number of nitrogens with one attached hydrogen (secondary N) is 1. The Morgan fingerprint density at radius 1 is 1.30 bits per heavy atom. The van der Waals surface area contributed by atoms with Crippen molar-refractivity contribution in [1.82, 2.24) is 5.32 Å². The molecule has 1 fully saturated rings. The van der Waals surface area contributed by atoms with Crippen LogP contribution in [0.2, 0.25) is 0 Å². The van der Waals surface area contributed by atoms with E-state index in [-0.39, 0.29) is 5.91 Å². The van der Waals surface area contributed by atoms with Crippen LogP contribution in [0.3, 0.4) is 0 Å². The molecule has 0 aromatic rings. The van der Waals surface area contributed by atoms with E-state index < -0.39 is 11.3 Å². The molecule has 10 heavy (non-hydrogen) atoms. The minimum Gasteiger partial charge on any atom is -0.341 e. The molecule has 0 aromatic carbocycles. The van der Waals surface area contributed by atoms with Gasteiger partial charge in [0.05, 0.1) is 0 Å². The van der Waals surface area contributed by atoms with Gasteiger partial charge in [0.25, 0.3) is 5.91 Å². The highest BCUT2D eigenvalue weighted by molar-refractivity contribution is 5.86. The molecule has 0 bridgehead atoms. The van der Waals surface area contributed by atoms with Crippen LogP contribution in [0.1, 0.15) is 27.7 Å². The fraction of sp³-hybridized carbons (Fsp3) is 0.857. The predicted molar refractivity (Wildman–Crippen MR) is 37.4 cm³/mol. The molecule has 0 unspecified atom stereocenters. The van der Waals surface area contributed by atoms with Gasteiger partial charge in [0.1, 0.15) is 11.3 Å². The van der Waals surface area contributed by atoms with Crippen molar-refractivity contribution in [3.05, 3.63) is 0 Å². The Hall–Kier alpha value is -0.570. The standard InChI is InChI=1S/C7H13NO2/c1-6(2)5(9)8-7(3,4)10-6/h1-4H3,(H,8,9). The molecule has 0 radical (unpaired) electrons. The van der Waals surface area contributed by atoms with E-state index in [2.05, 4.69) is 5.32 Å². The van der Waals surface area contributed by atoms with Crippen molar-refractivity contribution in [2.75, 3.05) is 0 Å². The topological polar surface area (TPSA) is 38.3 Å². The second kappa shape index (κ2) is 1.72.